The lowest BCUT2D eigenvalue weighted by molar-refractivity contribution is -0.870. The van der Waals surface area contributed by atoms with Crippen LogP contribution in [0.25, 0.3) is 0 Å². The molecule has 94 valence electrons. The molecule has 0 aliphatic rings. The number of hydrogen-bond donors (Lipinski definition) is 0. The minimum absolute atomic E-state index is 0.226. The molecule has 0 spiro atoms. The van der Waals surface area contributed by atoms with Crippen LogP contribution in [0.2, 0.25) is 0 Å². The monoisotopic (exact) mass is 236 g/mol. The van der Waals surface area contributed by atoms with Gasteiger partial charge in [-0.2, -0.15) is 0 Å². The second-order valence-electron chi connectivity index (χ2n) is 5.22. The number of benzene rings is 1. The van der Waals surface area contributed by atoms with Gasteiger partial charge in [0.2, 0.25) is 0 Å². The predicted octanol–water partition coefficient (Wildman–Crippen LogP) is 2.33. The number of unbranched alkanes of at least 4 members (excludes halogenated alkanes) is 1. The van der Waals surface area contributed by atoms with Crippen LogP contribution >= 0.6 is 0 Å². The summed E-state index contributed by atoms with van der Waals surface area (Å²) in [6, 6.07) is 9.11. The first-order valence-electron chi connectivity index (χ1n) is 6.02. The summed E-state index contributed by atoms with van der Waals surface area (Å²) in [6.45, 7) is 1.61. The number of hydrogen-bond acceptors (Lipinski definition) is 2. The van der Waals surface area contributed by atoms with Crippen LogP contribution in [0, 0.1) is 0 Å². The zero-order valence-electron chi connectivity index (χ0n) is 11.0. The summed E-state index contributed by atoms with van der Waals surface area (Å²) in [4.78, 5) is 11.6. The molecule has 0 atom stereocenters. The number of quaternary nitrogens is 1. The van der Waals surface area contributed by atoms with Crippen LogP contribution in [-0.2, 0) is 4.74 Å². The molecule has 0 aromatic heterocycles. The van der Waals surface area contributed by atoms with Crippen LogP contribution in [0.15, 0.2) is 30.3 Å². The number of ether oxygens (including phenoxy) is 1. The van der Waals surface area contributed by atoms with Crippen LogP contribution < -0.4 is 0 Å². The summed E-state index contributed by atoms with van der Waals surface area (Å²) in [7, 11) is 6.49. The van der Waals surface area contributed by atoms with Gasteiger partial charge in [0.15, 0.2) is 0 Å². The summed E-state index contributed by atoms with van der Waals surface area (Å²) < 4.78 is 6.15. The van der Waals surface area contributed by atoms with E-state index in [4.69, 9.17) is 4.74 Å². The topological polar surface area (TPSA) is 26.3 Å². The van der Waals surface area contributed by atoms with Crippen molar-refractivity contribution in [2.75, 3.05) is 34.3 Å². The van der Waals surface area contributed by atoms with E-state index in [0.29, 0.717) is 12.2 Å². The fourth-order valence-electron chi connectivity index (χ4n) is 1.51. The largest absolute Gasteiger partial charge is 0.462 e. The van der Waals surface area contributed by atoms with Crippen LogP contribution in [0.5, 0.6) is 0 Å². The highest BCUT2D eigenvalue weighted by Gasteiger charge is 2.07. The number of rotatable bonds is 6. The van der Waals surface area contributed by atoms with E-state index in [-0.39, 0.29) is 5.97 Å². The molecule has 0 heterocycles. The van der Waals surface area contributed by atoms with E-state index >= 15 is 0 Å². The molecule has 0 unspecified atom stereocenters. The van der Waals surface area contributed by atoms with Gasteiger partial charge in [0, 0.05) is 0 Å². The van der Waals surface area contributed by atoms with Gasteiger partial charge in [-0.15, -0.1) is 0 Å². The van der Waals surface area contributed by atoms with Crippen molar-refractivity contribution < 1.29 is 14.0 Å². The van der Waals surface area contributed by atoms with E-state index in [9.17, 15) is 4.79 Å². The molecule has 0 fully saturated rings. The maximum Gasteiger partial charge on any atom is 0.338 e. The molecule has 0 saturated heterocycles. The second-order valence-corrected chi connectivity index (χ2v) is 5.22. The maximum atomic E-state index is 11.6. The molecule has 3 heteroatoms. The minimum Gasteiger partial charge on any atom is -0.462 e. The SMILES string of the molecule is C[N+](C)(C)CCCCOC(=O)c1ccccc1. The normalized spacial score (nSPS) is 11.2. The van der Waals surface area contributed by atoms with Crippen molar-refractivity contribution in [3.05, 3.63) is 35.9 Å². The molecule has 0 aliphatic heterocycles. The summed E-state index contributed by atoms with van der Waals surface area (Å²) in [6.07, 6.45) is 2.00. The molecule has 3 nitrogen and oxygen atoms in total. The van der Waals surface area contributed by atoms with Gasteiger partial charge < -0.3 is 9.22 Å². The average Bonchev–Trinajstić information content (AvgIpc) is 2.28. The van der Waals surface area contributed by atoms with Crippen LogP contribution in [0.1, 0.15) is 23.2 Å². The zero-order chi connectivity index (χ0) is 12.7. The van der Waals surface area contributed by atoms with E-state index in [1.165, 1.54) is 0 Å². The van der Waals surface area contributed by atoms with Gasteiger partial charge in [-0.25, -0.2) is 4.79 Å². The molecule has 17 heavy (non-hydrogen) atoms. The Bertz CT molecular complexity index is 341. The molecular formula is C14H22NO2+. The number of nitrogens with zero attached hydrogens (tertiary/aromatic N) is 1. The van der Waals surface area contributed by atoms with Gasteiger partial charge in [0.25, 0.3) is 0 Å². The lowest BCUT2D eigenvalue weighted by atomic mass is 10.2. The number of carbonyl (C=O) groups is 1. The van der Waals surface area contributed by atoms with Crippen molar-refractivity contribution in [2.24, 2.45) is 0 Å². The highest BCUT2D eigenvalue weighted by molar-refractivity contribution is 5.89. The Kier molecular flexibility index (Phi) is 5.16. The Balaban J connectivity index is 2.18. The summed E-state index contributed by atoms with van der Waals surface area (Å²) >= 11 is 0. The quantitative estimate of drug-likeness (QED) is 0.430. The molecule has 0 amide bonds. The Labute approximate surface area is 104 Å². The third-order valence-corrected chi connectivity index (χ3v) is 2.47. The lowest BCUT2D eigenvalue weighted by Gasteiger charge is -2.23. The zero-order valence-corrected chi connectivity index (χ0v) is 11.0. The molecular weight excluding hydrogens is 214 g/mol. The molecule has 1 aromatic carbocycles. The molecule has 1 aromatic rings. The standard InChI is InChI=1S/C14H22NO2/c1-15(2,3)11-7-8-12-17-14(16)13-9-5-4-6-10-13/h4-6,9-10H,7-8,11-12H2,1-3H3/q+1. The van der Waals surface area contributed by atoms with Crippen LogP contribution in [-0.4, -0.2) is 44.7 Å². The van der Waals surface area contributed by atoms with Gasteiger partial charge in [-0.3, -0.25) is 0 Å². The van der Waals surface area contributed by atoms with Gasteiger partial charge in [0.05, 0.1) is 39.9 Å². The Morgan fingerprint density at radius 1 is 1.12 bits per heavy atom. The molecule has 0 saturated carbocycles. The van der Waals surface area contributed by atoms with Crippen LogP contribution in [0.3, 0.4) is 0 Å². The van der Waals surface area contributed by atoms with Crippen molar-refractivity contribution in [3.8, 4) is 0 Å². The summed E-state index contributed by atoms with van der Waals surface area (Å²) in [5.74, 6) is -0.226. The van der Waals surface area contributed by atoms with Gasteiger partial charge >= 0.3 is 5.97 Å². The van der Waals surface area contributed by atoms with Crippen molar-refractivity contribution in [1.82, 2.24) is 0 Å². The third-order valence-electron chi connectivity index (χ3n) is 2.47. The van der Waals surface area contributed by atoms with Gasteiger partial charge in [-0.1, -0.05) is 18.2 Å². The van der Waals surface area contributed by atoms with E-state index in [0.717, 1.165) is 23.9 Å². The van der Waals surface area contributed by atoms with Crippen molar-refractivity contribution in [2.45, 2.75) is 12.8 Å². The minimum atomic E-state index is -0.226. The van der Waals surface area contributed by atoms with Crippen molar-refractivity contribution >= 4 is 5.97 Å². The fraction of sp³-hybridized carbons (Fsp3) is 0.500. The van der Waals surface area contributed by atoms with E-state index in [1.807, 2.05) is 18.2 Å². The van der Waals surface area contributed by atoms with E-state index in [2.05, 4.69) is 21.1 Å². The first kappa shape index (κ1) is 13.7. The lowest BCUT2D eigenvalue weighted by Crippen LogP contribution is -2.35. The Morgan fingerprint density at radius 3 is 2.35 bits per heavy atom. The highest BCUT2D eigenvalue weighted by atomic mass is 16.5. The third kappa shape index (κ3) is 6.07. The second kappa shape index (κ2) is 6.40. The predicted molar refractivity (Wildman–Crippen MR) is 68.9 cm³/mol. The maximum absolute atomic E-state index is 11.6. The number of carbonyl (C=O) groups excluding carboxylic acids is 1. The Hall–Kier alpha value is -1.35. The summed E-state index contributed by atoms with van der Waals surface area (Å²) in [5.41, 5.74) is 0.624. The summed E-state index contributed by atoms with van der Waals surface area (Å²) in [5, 5.41) is 0. The first-order chi connectivity index (χ1) is 7.99. The average molecular weight is 236 g/mol. The molecule has 0 aliphatic carbocycles. The molecule has 0 bridgehead atoms. The van der Waals surface area contributed by atoms with Crippen LogP contribution in [0.4, 0.5) is 0 Å². The molecule has 0 N–H and O–H groups in total. The van der Waals surface area contributed by atoms with Gasteiger partial charge in [0.1, 0.15) is 0 Å². The van der Waals surface area contributed by atoms with E-state index in [1.54, 1.807) is 12.1 Å². The molecule has 1 rings (SSSR count). The molecule has 0 radical (unpaired) electrons. The van der Waals surface area contributed by atoms with E-state index < -0.39 is 0 Å². The smallest absolute Gasteiger partial charge is 0.338 e. The van der Waals surface area contributed by atoms with Crippen molar-refractivity contribution in [3.63, 3.8) is 0 Å². The number of esters is 1. The van der Waals surface area contributed by atoms with Crippen molar-refractivity contribution in [1.29, 1.82) is 0 Å². The first-order valence-corrected chi connectivity index (χ1v) is 6.02. The fourth-order valence-corrected chi connectivity index (χ4v) is 1.51. The Morgan fingerprint density at radius 2 is 1.76 bits per heavy atom. The highest BCUT2D eigenvalue weighted by Crippen LogP contribution is 2.03. The van der Waals surface area contributed by atoms with Gasteiger partial charge in [-0.05, 0) is 25.0 Å².